The summed E-state index contributed by atoms with van der Waals surface area (Å²) >= 11 is 11.0. The lowest BCUT2D eigenvalue weighted by molar-refractivity contribution is 0.0943. The number of amides is 1. The van der Waals surface area contributed by atoms with Crippen LogP contribution in [0, 0.1) is 0 Å². The second-order valence-corrected chi connectivity index (χ2v) is 6.19. The third kappa shape index (κ3) is 6.70. The summed E-state index contributed by atoms with van der Waals surface area (Å²) in [6.45, 7) is 1.10. The zero-order valence-electron chi connectivity index (χ0n) is 13.8. The summed E-state index contributed by atoms with van der Waals surface area (Å²) in [6.07, 6.45) is 0.798. The molecule has 2 aromatic carbocycles. The van der Waals surface area contributed by atoms with Crippen molar-refractivity contribution in [1.82, 2.24) is 16.2 Å². The van der Waals surface area contributed by atoms with Crippen LogP contribution in [0.1, 0.15) is 21.5 Å². The van der Waals surface area contributed by atoms with Crippen LogP contribution in [0.4, 0.5) is 0 Å². The lowest BCUT2D eigenvalue weighted by Crippen LogP contribution is -2.47. The van der Waals surface area contributed by atoms with Gasteiger partial charge < -0.3 is 10.1 Å². The van der Waals surface area contributed by atoms with E-state index >= 15 is 0 Å². The lowest BCUT2D eigenvalue weighted by Gasteiger charge is -2.12. The summed E-state index contributed by atoms with van der Waals surface area (Å²) in [4.78, 5) is 12.1. The molecule has 0 aliphatic heterocycles. The second kappa shape index (κ2) is 9.98. The van der Waals surface area contributed by atoms with Crippen molar-refractivity contribution in [3.8, 4) is 0 Å². The van der Waals surface area contributed by atoms with Gasteiger partial charge in [-0.05, 0) is 54.0 Å². The molecule has 132 valence electrons. The second-order valence-electron chi connectivity index (χ2n) is 5.34. The summed E-state index contributed by atoms with van der Waals surface area (Å²) in [6, 6.07) is 14.9. The van der Waals surface area contributed by atoms with E-state index < -0.39 is 0 Å². The maximum absolute atomic E-state index is 12.1. The van der Waals surface area contributed by atoms with Crippen molar-refractivity contribution in [2.45, 2.75) is 13.0 Å². The zero-order valence-corrected chi connectivity index (χ0v) is 15.4. The molecule has 0 aromatic heterocycles. The van der Waals surface area contributed by atoms with Crippen molar-refractivity contribution in [1.29, 1.82) is 0 Å². The van der Waals surface area contributed by atoms with Gasteiger partial charge in [-0.3, -0.25) is 15.6 Å². The van der Waals surface area contributed by atoms with Crippen LogP contribution < -0.4 is 16.2 Å². The Morgan fingerprint density at radius 2 is 1.88 bits per heavy atom. The number of nitrogens with one attached hydrogen (secondary N) is 3. The molecule has 0 aliphatic rings. The molecule has 1 amide bonds. The third-order valence-electron chi connectivity index (χ3n) is 3.40. The smallest absolute Gasteiger partial charge is 0.269 e. The van der Waals surface area contributed by atoms with Crippen molar-refractivity contribution in [2.75, 3.05) is 13.7 Å². The Kier molecular flexibility index (Phi) is 7.66. The molecule has 2 rings (SSSR count). The Morgan fingerprint density at radius 1 is 1.12 bits per heavy atom. The fraction of sp³-hybridized carbons (Fsp3) is 0.222. The Labute approximate surface area is 157 Å². The van der Waals surface area contributed by atoms with Gasteiger partial charge in [0.05, 0.1) is 6.61 Å². The van der Waals surface area contributed by atoms with Crippen LogP contribution in [-0.2, 0) is 17.8 Å². The summed E-state index contributed by atoms with van der Waals surface area (Å²) < 4.78 is 5.06. The normalized spacial score (nSPS) is 10.2. The Bertz CT molecular complexity index is 723. The Morgan fingerprint density at radius 3 is 2.60 bits per heavy atom. The number of hydrogen-bond acceptors (Lipinski definition) is 3. The van der Waals surface area contributed by atoms with Crippen LogP contribution in [0.3, 0.4) is 0 Å². The molecule has 3 N–H and O–H groups in total. The summed E-state index contributed by atoms with van der Waals surface area (Å²) in [5.41, 5.74) is 7.88. The van der Waals surface area contributed by atoms with Crippen LogP contribution in [-0.4, -0.2) is 24.7 Å². The van der Waals surface area contributed by atoms with Gasteiger partial charge in [-0.2, -0.15) is 0 Å². The van der Waals surface area contributed by atoms with E-state index in [9.17, 15) is 4.79 Å². The molecule has 0 aliphatic carbocycles. The molecular weight excluding hydrogens is 358 g/mol. The van der Waals surface area contributed by atoms with E-state index in [1.54, 1.807) is 19.2 Å². The first-order chi connectivity index (χ1) is 12.1. The molecule has 2 aromatic rings. The van der Waals surface area contributed by atoms with Gasteiger partial charge in [-0.1, -0.05) is 35.9 Å². The Hall–Kier alpha value is -2.15. The van der Waals surface area contributed by atoms with Gasteiger partial charge in [0.15, 0.2) is 5.11 Å². The van der Waals surface area contributed by atoms with Crippen molar-refractivity contribution in [3.63, 3.8) is 0 Å². The van der Waals surface area contributed by atoms with E-state index in [4.69, 9.17) is 28.6 Å². The van der Waals surface area contributed by atoms with Gasteiger partial charge in [0, 0.05) is 24.2 Å². The highest BCUT2D eigenvalue weighted by atomic mass is 35.5. The molecule has 0 fully saturated rings. The van der Waals surface area contributed by atoms with E-state index in [0.29, 0.717) is 28.9 Å². The monoisotopic (exact) mass is 377 g/mol. The van der Waals surface area contributed by atoms with Gasteiger partial charge in [0.1, 0.15) is 0 Å². The summed E-state index contributed by atoms with van der Waals surface area (Å²) in [5, 5.41) is 4.11. The van der Waals surface area contributed by atoms with Gasteiger partial charge in [-0.15, -0.1) is 0 Å². The quantitative estimate of drug-likeness (QED) is 0.533. The molecular formula is C18H20ClN3O2S. The van der Waals surface area contributed by atoms with Crippen LogP contribution in [0.25, 0.3) is 0 Å². The number of halogens is 1. The van der Waals surface area contributed by atoms with E-state index in [2.05, 4.69) is 16.2 Å². The number of hydrogen-bond donors (Lipinski definition) is 3. The number of benzene rings is 2. The first kappa shape index (κ1) is 19.2. The molecule has 5 nitrogen and oxygen atoms in total. The predicted molar refractivity (Wildman–Crippen MR) is 104 cm³/mol. The number of rotatable bonds is 6. The SMILES string of the molecule is COCc1cccc(C(=O)NNC(=S)NCCc2ccc(Cl)cc2)c1. The third-order valence-corrected chi connectivity index (χ3v) is 3.90. The van der Waals surface area contributed by atoms with Crippen LogP contribution >= 0.6 is 23.8 Å². The van der Waals surface area contributed by atoms with Gasteiger partial charge in [0.2, 0.25) is 0 Å². The largest absolute Gasteiger partial charge is 0.380 e. The van der Waals surface area contributed by atoms with Crippen molar-refractivity contribution >= 4 is 34.8 Å². The predicted octanol–water partition coefficient (Wildman–Crippen LogP) is 2.84. The average molecular weight is 378 g/mol. The minimum absolute atomic E-state index is 0.264. The van der Waals surface area contributed by atoms with Gasteiger partial charge in [-0.25, -0.2) is 0 Å². The highest BCUT2D eigenvalue weighted by Crippen LogP contribution is 2.09. The molecule has 0 radical (unpaired) electrons. The maximum atomic E-state index is 12.1. The number of carbonyl (C=O) groups is 1. The number of hydrazine groups is 1. The zero-order chi connectivity index (χ0) is 18.1. The van der Waals surface area contributed by atoms with E-state index in [-0.39, 0.29) is 5.91 Å². The molecule has 7 heteroatoms. The molecule has 0 saturated carbocycles. The van der Waals surface area contributed by atoms with Crippen LogP contribution in [0.2, 0.25) is 5.02 Å². The molecule has 0 saturated heterocycles. The molecule has 0 unspecified atom stereocenters. The van der Waals surface area contributed by atoms with Gasteiger partial charge in [0.25, 0.3) is 5.91 Å². The molecule has 0 bridgehead atoms. The Balaban J connectivity index is 1.72. The maximum Gasteiger partial charge on any atom is 0.269 e. The summed E-state index contributed by atoms with van der Waals surface area (Å²) in [7, 11) is 1.61. The fourth-order valence-electron chi connectivity index (χ4n) is 2.17. The highest BCUT2D eigenvalue weighted by Gasteiger charge is 2.06. The molecule has 0 atom stereocenters. The average Bonchev–Trinajstić information content (AvgIpc) is 2.62. The molecule has 0 spiro atoms. The molecule has 0 heterocycles. The van der Waals surface area contributed by atoms with E-state index in [1.165, 1.54) is 0 Å². The van der Waals surface area contributed by atoms with Crippen molar-refractivity contribution in [3.05, 3.63) is 70.2 Å². The van der Waals surface area contributed by atoms with Crippen molar-refractivity contribution < 1.29 is 9.53 Å². The topological polar surface area (TPSA) is 62.4 Å². The first-order valence-electron chi connectivity index (χ1n) is 7.75. The van der Waals surface area contributed by atoms with Gasteiger partial charge >= 0.3 is 0 Å². The number of carbonyl (C=O) groups excluding carboxylic acids is 1. The number of ether oxygens (including phenoxy) is 1. The number of methoxy groups -OCH3 is 1. The first-order valence-corrected chi connectivity index (χ1v) is 8.53. The lowest BCUT2D eigenvalue weighted by atomic mass is 10.1. The van der Waals surface area contributed by atoms with Crippen LogP contribution in [0.5, 0.6) is 0 Å². The number of thiocarbonyl (C=S) groups is 1. The minimum atomic E-state index is -0.264. The standard InChI is InChI=1S/C18H20ClN3O2S/c1-24-12-14-3-2-4-15(11-14)17(23)21-22-18(25)20-10-9-13-5-7-16(19)8-6-13/h2-8,11H,9-10,12H2,1H3,(H,21,23)(H2,20,22,25). The highest BCUT2D eigenvalue weighted by molar-refractivity contribution is 7.80. The van der Waals surface area contributed by atoms with E-state index in [0.717, 1.165) is 17.5 Å². The summed E-state index contributed by atoms with van der Waals surface area (Å²) in [5.74, 6) is -0.264. The molecule has 25 heavy (non-hydrogen) atoms. The van der Waals surface area contributed by atoms with Crippen LogP contribution in [0.15, 0.2) is 48.5 Å². The minimum Gasteiger partial charge on any atom is -0.380 e. The fourth-order valence-corrected chi connectivity index (χ4v) is 2.45. The van der Waals surface area contributed by atoms with E-state index in [1.807, 2.05) is 36.4 Å². The van der Waals surface area contributed by atoms with Crippen molar-refractivity contribution in [2.24, 2.45) is 0 Å².